The summed E-state index contributed by atoms with van der Waals surface area (Å²) in [5.41, 5.74) is 4.14. The molecule has 28 heavy (non-hydrogen) atoms. The maximum Gasteiger partial charge on any atom is 0.238 e. The van der Waals surface area contributed by atoms with Crippen molar-refractivity contribution in [3.63, 3.8) is 0 Å². The number of benzene rings is 2. The van der Waals surface area contributed by atoms with Gasteiger partial charge in [0.25, 0.3) is 0 Å². The summed E-state index contributed by atoms with van der Waals surface area (Å²) in [7, 11) is 0. The standard InChI is InChI=1S/C22H21Cl2N3O/c1-15-4-7-17(8-5-15)25-21(28)14-27-12-11-26-10-2-3-20(26)22(27)16-6-9-18(23)19(24)13-16/h2-10,13,22H,11-12,14H2,1H3,(H,25,28)/t22-/m0/s1. The minimum Gasteiger partial charge on any atom is -0.348 e. The Hall–Kier alpha value is -2.27. The largest absolute Gasteiger partial charge is 0.348 e. The number of rotatable bonds is 4. The quantitative estimate of drug-likeness (QED) is 0.642. The van der Waals surface area contributed by atoms with Crippen LogP contribution in [-0.4, -0.2) is 28.5 Å². The van der Waals surface area contributed by atoms with Crippen LogP contribution in [0.1, 0.15) is 22.9 Å². The Labute approximate surface area is 174 Å². The predicted molar refractivity (Wildman–Crippen MR) is 114 cm³/mol. The Morgan fingerprint density at radius 3 is 2.61 bits per heavy atom. The molecule has 1 atom stereocenters. The lowest BCUT2D eigenvalue weighted by atomic mass is 10.00. The zero-order chi connectivity index (χ0) is 19.7. The molecule has 6 heteroatoms. The highest BCUT2D eigenvalue weighted by Gasteiger charge is 2.30. The Bertz CT molecular complexity index is 997. The van der Waals surface area contributed by atoms with Gasteiger partial charge in [-0.2, -0.15) is 0 Å². The fraction of sp³-hybridized carbons (Fsp3) is 0.227. The molecule has 0 bridgehead atoms. The molecule has 0 unspecified atom stereocenters. The highest BCUT2D eigenvalue weighted by Crippen LogP contribution is 2.35. The van der Waals surface area contributed by atoms with Crippen LogP contribution in [0.4, 0.5) is 5.69 Å². The highest BCUT2D eigenvalue weighted by molar-refractivity contribution is 6.42. The van der Waals surface area contributed by atoms with Crippen molar-refractivity contribution in [3.8, 4) is 0 Å². The Morgan fingerprint density at radius 2 is 1.86 bits per heavy atom. The maximum absolute atomic E-state index is 12.7. The van der Waals surface area contributed by atoms with Gasteiger partial charge in [0.15, 0.2) is 0 Å². The fourth-order valence-electron chi connectivity index (χ4n) is 3.69. The minimum atomic E-state index is -0.0534. The van der Waals surface area contributed by atoms with Crippen LogP contribution in [0.3, 0.4) is 0 Å². The first-order valence-corrected chi connectivity index (χ1v) is 9.97. The van der Waals surface area contributed by atoms with Gasteiger partial charge in [-0.05, 0) is 48.9 Å². The maximum atomic E-state index is 12.7. The van der Waals surface area contributed by atoms with Crippen molar-refractivity contribution >= 4 is 34.8 Å². The molecule has 0 fully saturated rings. The number of fused-ring (bicyclic) bond motifs is 1. The number of nitrogens with zero attached hydrogens (tertiary/aromatic N) is 2. The third-order valence-corrected chi connectivity index (χ3v) is 5.82. The summed E-state index contributed by atoms with van der Waals surface area (Å²) in [6, 6.07) is 17.6. The molecule has 0 spiro atoms. The molecule has 1 aromatic heterocycles. The van der Waals surface area contributed by atoms with Crippen molar-refractivity contribution < 1.29 is 4.79 Å². The third-order valence-electron chi connectivity index (χ3n) is 5.08. The van der Waals surface area contributed by atoms with Crippen LogP contribution in [0.15, 0.2) is 60.8 Å². The number of amides is 1. The van der Waals surface area contributed by atoms with E-state index in [2.05, 4.69) is 27.0 Å². The van der Waals surface area contributed by atoms with E-state index in [1.165, 1.54) is 0 Å². The lowest BCUT2D eigenvalue weighted by Gasteiger charge is -2.37. The van der Waals surface area contributed by atoms with E-state index >= 15 is 0 Å². The first-order chi connectivity index (χ1) is 13.5. The van der Waals surface area contributed by atoms with Gasteiger partial charge < -0.3 is 9.88 Å². The van der Waals surface area contributed by atoms with Crippen molar-refractivity contribution in [2.75, 3.05) is 18.4 Å². The van der Waals surface area contributed by atoms with Crippen molar-refractivity contribution in [1.29, 1.82) is 0 Å². The molecule has 2 heterocycles. The predicted octanol–water partition coefficient (Wildman–Crippen LogP) is 5.15. The zero-order valence-corrected chi connectivity index (χ0v) is 17.0. The van der Waals surface area contributed by atoms with Crippen LogP contribution in [-0.2, 0) is 11.3 Å². The molecular formula is C22H21Cl2N3O. The van der Waals surface area contributed by atoms with Crippen LogP contribution >= 0.6 is 23.2 Å². The van der Waals surface area contributed by atoms with E-state index < -0.39 is 0 Å². The average Bonchev–Trinajstić information content (AvgIpc) is 3.14. The first kappa shape index (κ1) is 19.1. The summed E-state index contributed by atoms with van der Waals surface area (Å²) < 4.78 is 2.22. The van der Waals surface area contributed by atoms with Gasteiger partial charge in [-0.1, -0.05) is 47.0 Å². The molecule has 3 aromatic rings. The van der Waals surface area contributed by atoms with Gasteiger partial charge in [-0.15, -0.1) is 0 Å². The van der Waals surface area contributed by atoms with E-state index in [1.54, 1.807) is 0 Å². The Kier molecular flexibility index (Phi) is 5.44. The summed E-state index contributed by atoms with van der Waals surface area (Å²) in [5, 5.41) is 4.04. The lowest BCUT2D eigenvalue weighted by Crippen LogP contribution is -2.42. The van der Waals surface area contributed by atoms with Crippen molar-refractivity contribution in [2.24, 2.45) is 0 Å². The van der Waals surface area contributed by atoms with E-state index in [0.717, 1.165) is 35.6 Å². The zero-order valence-electron chi connectivity index (χ0n) is 15.5. The number of carbonyl (C=O) groups is 1. The SMILES string of the molecule is Cc1ccc(NC(=O)CN2CCn3cccc3[C@@H]2c2ccc(Cl)c(Cl)c2)cc1. The van der Waals surface area contributed by atoms with E-state index in [0.29, 0.717) is 16.6 Å². The van der Waals surface area contributed by atoms with Crippen LogP contribution in [0.25, 0.3) is 0 Å². The third kappa shape index (κ3) is 3.95. The highest BCUT2D eigenvalue weighted by atomic mass is 35.5. The second kappa shape index (κ2) is 8.00. The van der Waals surface area contributed by atoms with E-state index in [4.69, 9.17) is 23.2 Å². The second-order valence-corrected chi connectivity index (χ2v) is 7.90. The summed E-state index contributed by atoms with van der Waals surface area (Å²) in [4.78, 5) is 14.9. The molecule has 4 rings (SSSR count). The number of carbonyl (C=O) groups excluding carboxylic acids is 1. The minimum absolute atomic E-state index is 0.0334. The van der Waals surface area contributed by atoms with Crippen LogP contribution in [0, 0.1) is 6.92 Å². The molecule has 0 saturated carbocycles. The Balaban J connectivity index is 1.58. The number of halogens is 2. The molecular weight excluding hydrogens is 393 g/mol. The van der Waals surface area contributed by atoms with E-state index in [-0.39, 0.29) is 11.9 Å². The number of nitrogens with one attached hydrogen (secondary N) is 1. The molecule has 2 aromatic carbocycles. The summed E-state index contributed by atoms with van der Waals surface area (Å²) in [5.74, 6) is -0.0334. The number of aryl methyl sites for hydroxylation is 1. The number of anilines is 1. The lowest BCUT2D eigenvalue weighted by molar-refractivity contribution is -0.117. The molecule has 1 amide bonds. The normalized spacial score (nSPS) is 16.6. The molecule has 0 radical (unpaired) electrons. The second-order valence-electron chi connectivity index (χ2n) is 7.09. The monoisotopic (exact) mass is 413 g/mol. The van der Waals surface area contributed by atoms with Crippen molar-refractivity contribution in [3.05, 3.63) is 87.7 Å². The van der Waals surface area contributed by atoms with Gasteiger partial charge in [0.2, 0.25) is 5.91 Å². The number of hydrogen-bond acceptors (Lipinski definition) is 2. The van der Waals surface area contributed by atoms with Crippen LogP contribution < -0.4 is 5.32 Å². The summed E-state index contributed by atoms with van der Waals surface area (Å²) >= 11 is 12.4. The molecule has 0 saturated heterocycles. The molecule has 0 aliphatic carbocycles. The smallest absolute Gasteiger partial charge is 0.238 e. The molecule has 1 aliphatic rings. The molecule has 1 aliphatic heterocycles. The topological polar surface area (TPSA) is 37.3 Å². The molecule has 4 nitrogen and oxygen atoms in total. The van der Waals surface area contributed by atoms with Gasteiger partial charge in [0.05, 0.1) is 22.6 Å². The van der Waals surface area contributed by atoms with E-state index in [1.807, 2.05) is 55.5 Å². The number of aromatic nitrogens is 1. The summed E-state index contributed by atoms with van der Waals surface area (Å²) in [6.45, 7) is 3.94. The van der Waals surface area contributed by atoms with Gasteiger partial charge >= 0.3 is 0 Å². The van der Waals surface area contributed by atoms with Crippen molar-refractivity contribution in [2.45, 2.75) is 19.5 Å². The van der Waals surface area contributed by atoms with Crippen LogP contribution in [0.5, 0.6) is 0 Å². The summed E-state index contributed by atoms with van der Waals surface area (Å²) in [6.07, 6.45) is 2.07. The van der Waals surface area contributed by atoms with Gasteiger partial charge in [-0.25, -0.2) is 0 Å². The fourth-order valence-corrected chi connectivity index (χ4v) is 3.99. The number of hydrogen-bond donors (Lipinski definition) is 1. The van der Waals surface area contributed by atoms with Gasteiger partial charge in [-0.3, -0.25) is 9.69 Å². The van der Waals surface area contributed by atoms with Gasteiger partial charge in [0.1, 0.15) is 0 Å². The van der Waals surface area contributed by atoms with E-state index in [9.17, 15) is 4.79 Å². The van der Waals surface area contributed by atoms with Crippen LogP contribution in [0.2, 0.25) is 10.0 Å². The first-order valence-electron chi connectivity index (χ1n) is 9.22. The average molecular weight is 414 g/mol. The molecule has 1 N–H and O–H groups in total. The molecule has 144 valence electrons. The van der Waals surface area contributed by atoms with Gasteiger partial charge in [0, 0.05) is 30.7 Å². The van der Waals surface area contributed by atoms with Crippen molar-refractivity contribution in [1.82, 2.24) is 9.47 Å². The Morgan fingerprint density at radius 1 is 1.07 bits per heavy atom.